The van der Waals surface area contributed by atoms with Crippen molar-refractivity contribution in [3.63, 3.8) is 0 Å². The Balaban J connectivity index is 2.63. The van der Waals surface area contributed by atoms with Crippen LogP contribution < -0.4 is 10.9 Å². The van der Waals surface area contributed by atoms with Crippen molar-refractivity contribution < 1.29 is 18.6 Å². The molecule has 0 radical (unpaired) electrons. The molecule has 0 saturated heterocycles. The lowest BCUT2D eigenvalue weighted by Crippen LogP contribution is -2.40. The molecule has 20 heavy (non-hydrogen) atoms. The van der Waals surface area contributed by atoms with Gasteiger partial charge in [-0.05, 0) is 21.7 Å². The number of fused-ring (bicyclic) bond motifs is 1. The smallest absolute Gasteiger partial charge is 0.410 e. The van der Waals surface area contributed by atoms with Gasteiger partial charge in [-0.2, -0.15) is 0 Å². The van der Waals surface area contributed by atoms with Crippen LogP contribution in [0.1, 0.15) is 0 Å². The molecule has 2 aromatic carbocycles. The minimum atomic E-state index is -0.391. The molecule has 0 unspecified atom stereocenters. The molecular formula is C14H18B2O4. The molecule has 2 rings (SSSR count). The summed E-state index contributed by atoms with van der Waals surface area (Å²) < 4.78 is 21.4. The Morgan fingerprint density at radius 2 is 0.950 bits per heavy atom. The van der Waals surface area contributed by atoms with E-state index >= 15 is 0 Å². The molecule has 2 aromatic rings. The molecule has 0 atom stereocenters. The fourth-order valence-corrected chi connectivity index (χ4v) is 2.46. The van der Waals surface area contributed by atoms with E-state index in [1.54, 1.807) is 28.4 Å². The first-order chi connectivity index (χ1) is 9.76. The summed E-state index contributed by atoms with van der Waals surface area (Å²) in [7, 11) is 5.73. The van der Waals surface area contributed by atoms with Crippen molar-refractivity contribution in [2.75, 3.05) is 28.4 Å². The summed E-state index contributed by atoms with van der Waals surface area (Å²) in [6, 6.07) is 12.0. The van der Waals surface area contributed by atoms with Crippen molar-refractivity contribution in [2.24, 2.45) is 0 Å². The van der Waals surface area contributed by atoms with Crippen LogP contribution in [0.25, 0.3) is 10.8 Å². The van der Waals surface area contributed by atoms with Crippen molar-refractivity contribution >= 4 is 35.9 Å². The zero-order valence-electron chi connectivity index (χ0n) is 12.3. The lowest BCUT2D eigenvalue weighted by Gasteiger charge is -2.16. The van der Waals surface area contributed by atoms with E-state index in [0.717, 1.165) is 21.7 Å². The fourth-order valence-electron chi connectivity index (χ4n) is 2.46. The van der Waals surface area contributed by atoms with Crippen LogP contribution in [-0.4, -0.2) is 42.7 Å². The molecule has 0 heterocycles. The number of rotatable bonds is 6. The van der Waals surface area contributed by atoms with Gasteiger partial charge in [0.25, 0.3) is 0 Å². The van der Waals surface area contributed by atoms with Crippen LogP contribution in [0, 0.1) is 0 Å². The molecule has 0 N–H and O–H groups in total. The predicted molar refractivity (Wildman–Crippen MR) is 82.8 cm³/mol. The summed E-state index contributed by atoms with van der Waals surface area (Å²) in [6.07, 6.45) is 0. The Kier molecular flexibility index (Phi) is 5.20. The molecule has 0 aliphatic rings. The largest absolute Gasteiger partial charge is 0.494 e. The molecular weight excluding hydrogens is 254 g/mol. The van der Waals surface area contributed by atoms with Gasteiger partial charge in [-0.1, -0.05) is 36.4 Å². The molecule has 0 bridgehead atoms. The third kappa shape index (κ3) is 2.74. The average Bonchev–Trinajstić information content (AvgIpc) is 2.51. The molecule has 0 aliphatic carbocycles. The monoisotopic (exact) mass is 272 g/mol. The summed E-state index contributed by atoms with van der Waals surface area (Å²) >= 11 is 0. The van der Waals surface area contributed by atoms with Crippen molar-refractivity contribution in [1.82, 2.24) is 0 Å². The maximum absolute atomic E-state index is 5.36. The highest BCUT2D eigenvalue weighted by molar-refractivity contribution is 6.68. The Morgan fingerprint density at radius 1 is 0.600 bits per heavy atom. The highest BCUT2D eigenvalue weighted by atomic mass is 16.6. The lowest BCUT2D eigenvalue weighted by molar-refractivity contribution is 0.291. The van der Waals surface area contributed by atoms with Gasteiger partial charge in [0.2, 0.25) is 0 Å². The Hall–Kier alpha value is -1.33. The number of hydrogen-bond donors (Lipinski definition) is 0. The van der Waals surface area contributed by atoms with E-state index in [4.69, 9.17) is 18.6 Å². The van der Waals surface area contributed by atoms with E-state index in [2.05, 4.69) is 0 Å². The van der Waals surface area contributed by atoms with E-state index < -0.39 is 14.2 Å². The quantitative estimate of drug-likeness (QED) is 0.729. The highest BCUT2D eigenvalue weighted by Gasteiger charge is 2.25. The van der Waals surface area contributed by atoms with Gasteiger partial charge in [-0.3, -0.25) is 0 Å². The van der Waals surface area contributed by atoms with E-state index in [-0.39, 0.29) is 0 Å². The molecule has 0 aromatic heterocycles. The van der Waals surface area contributed by atoms with Gasteiger partial charge in [0.1, 0.15) is 0 Å². The first-order valence-corrected chi connectivity index (χ1v) is 6.39. The van der Waals surface area contributed by atoms with E-state index in [1.165, 1.54) is 0 Å². The second-order valence-electron chi connectivity index (χ2n) is 4.40. The Morgan fingerprint density at radius 3 is 1.25 bits per heavy atom. The molecule has 4 nitrogen and oxygen atoms in total. The van der Waals surface area contributed by atoms with Crippen LogP contribution >= 0.6 is 0 Å². The molecule has 0 spiro atoms. The Labute approximate surface area is 120 Å². The second-order valence-corrected chi connectivity index (χ2v) is 4.40. The fraction of sp³-hybridized carbons (Fsp3) is 0.286. The van der Waals surface area contributed by atoms with Crippen LogP contribution in [0.2, 0.25) is 0 Å². The van der Waals surface area contributed by atoms with Gasteiger partial charge < -0.3 is 18.6 Å². The van der Waals surface area contributed by atoms with Gasteiger partial charge in [0.05, 0.1) is 0 Å². The first-order valence-electron chi connectivity index (χ1n) is 6.39. The Bertz CT molecular complexity index is 518. The first kappa shape index (κ1) is 15.1. The van der Waals surface area contributed by atoms with Crippen molar-refractivity contribution in [1.29, 1.82) is 0 Å². The van der Waals surface area contributed by atoms with Crippen LogP contribution in [0.3, 0.4) is 0 Å². The van der Waals surface area contributed by atoms with Crippen molar-refractivity contribution in [3.8, 4) is 0 Å². The summed E-state index contributed by atoms with van der Waals surface area (Å²) in [5, 5.41) is 2.13. The van der Waals surface area contributed by atoms with E-state index in [1.807, 2.05) is 36.4 Å². The molecule has 104 valence electrons. The van der Waals surface area contributed by atoms with Gasteiger partial charge in [-0.25, -0.2) is 0 Å². The predicted octanol–water partition coefficient (Wildman–Crippen LogP) is 0.816. The summed E-state index contributed by atoms with van der Waals surface area (Å²) in [4.78, 5) is 0. The normalized spacial score (nSPS) is 10.8. The molecule has 0 saturated carbocycles. The third-order valence-electron chi connectivity index (χ3n) is 3.36. The minimum absolute atomic E-state index is 0.391. The third-order valence-corrected chi connectivity index (χ3v) is 3.36. The second kappa shape index (κ2) is 6.90. The lowest BCUT2D eigenvalue weighted by atomic mass is 9.70. The molecule has 6 heteroatoms. The van der Waals surface area contributed by atoms with E-state index in [9.17, 15) is 0 Å². The summed E-state index contributed by atoms with van der Waals surface area (Å²) in [6.45, 7) is 0. The SMILES string of the molecule is COB(OC)c1ccc(B(OC)OC)c2ccccc12. The zero-order valence-corrected chi connectivity index (χ0v) is 12.3. The van der Waals surface area contributed by atoms with Gasteiger partial charge in [0.15, 0.2) is 0 Å². The summed E-state index contributed by atoms with van der Waals surface area (Å²) in [5.41, 5.74) is 1.97. The van der Waals surface area contributed by atoms with Crippen LogP contribution in [-0.2, 0) is 18.6 Å². The highest BCUT2D eigenvalue weighted by Crippen LogP contribution is 2.12. The molecule has 0 fully saturated rings. The molecule has 0 amide bonds. The van der Waals surface area contributed by atoms with Crippen molar-refractivity contribution in [2.45, 2.75) is 0 Å². The average molecular weight is 272 g/mol. The summed E-state index contributed by atoms with van der Waals surface area (Å²) in [5.74, 6) is 0. The van der Waals surface area contributed by atoms with Crippen LogP contribution in [0.5, 0.6) is 0 Å². The van der Waals surface area contributed by atoms with Crippen LogP contribution in [0.15, 0.2) is 36.4 Å². The van der Waals surface area contributed by atoms with Gasteiger partial charge >= 0.3 is 14.2 Å². The standard InChI is InChI=1S/C14H18B2O4/c1-17-15(18-2)13-9-10-14(16(19-3)20-4)12-8-6-5-7-11(12)13/h5-10H,1-4H3. The topological polar surface area (TPSA) is 36.9 Å². The molecule has 0 aliphatic heterocycles. The van der Waals surface area contributed by atoms with Gasteiger partial charge in [0, 0.05) is 28.4 Å². The number of benzene rings is 2. The zero-order chi connectivity index (χ0) is 14.5. The van der Waals surface area contributed by atoms with E-state index in [0.29, 0.717) is 0 Å². The van der Waals surface area contributed by atoms with Gasteiger partial charge in [-0.15, -0.1) is 0 Å². The van der Waals surface area contributed by atoms with Crippen molar-refractivity contribution in [3.05, 3.63) is 36.4 Å². The minimum Gasteiger partial charge on any atom is -0.410 e. The van der Waals surface area contributed by atoms with Crippen LogP contribution in [0.4, 0.5) is 0 Å². The number of hydrogen-bond acceptors (Lipinski definition) is 4. The maximum atomic E-state index is 5.36. The maximum Gasteiger partial charge on any atom is 0.494 e.